The van der Waals surface area contributed by atoms with Gasteiger partial charge in [-0.3, -0.25) is 0 Å². The first-order valence-electron chi connectivity index (χ1n) is 7.82. The van der Waals surface area contributed by atoms with Crippen molar-refractivity contribution in [3.63, 3.8) is 0 Å². The molecule has 2 aromatic carbocycles. The fourth-order valence-corrected chi connectivity index (χ4v) is 3.52. The van der Waals surface area contributed by atoms with Gasteiger partial charge in [-0.2, -0.15) is 9.61 Å². The van der Waals surface area contributed by atoms with Gasteiger partial charge >= 0.3 is 0 Å². The van der Waals surface area contributed by atoms with Gasteiger partial charge in [0.2, 0.25) is 11.8 Å². The summed E-state index contributed by atoms with van der Waals surface area (Å²) in [6.07, 6.45) is 3.94. The van der Waals surface area contributed by atoms with Crippen LogP contribution in [0.5, 0.6) is 11.5 Å². The van der Waals surface area contributed by atoms with Crippen LogP contribution in [0.3, 0.4) is 0 Å². The Morgan fingerprint density at radius 3 is 2.73 bits per heavy atom. The van der Waals surface area contributed by atoms with Gasteiger partial charge in [-0.15, -0.1) is 10.2 Å². The maximum atomic E-state index is 5.91. The van der Waals surface area contributed by atoms with Crippen molar-refractivity contribution in [3.8, 4) is 22.9 Å². The van der Waals surface area contributed by atoms with Gasteiger partial charge in [0.15, 0.2) is 17.3 Å². The Bertz CT molecular complexity index is 1130. The van der Waals surface area contributed by atoms with Crippen LogP contribution in [0, 0.1) is 0 Å². The van der Waals surface area contributed by atoms with E-state index in [1.807, 2.05) is 54.6 Å². The topological polar surface area (TPSA) is 61.5 Å². The summed E-state index contributed by atoms with van der Waals surface area (Å²) < 4.78 is 12.5. The summed E-state index contributed by atoms with van der Waals surface area (Å²) in [5, 5.41) is 14.6. The van der Waals surface area contributed by atoms with Crippen molar-refractivity contribution in [2.75, 3.05) is 6.79 Å². The van der Waals surface area contributed by atoms with Crippen LogP contribution in [-0.4, -0.2) is 26.6 Å². The highest BCUT2D eigenvalue weighted by Gasteiger charge is 2.18. The zero-order valence-corrected chi connectivity index (χ0v) is 14.9. The predicted octanol–water partition coefficient (Wildman–Crippen LogP) is 4.41. The maximum Gasteiger partial charge on any atom is 0.235 e. The number of hydrogen-bond donors (Lipinski definition) is 0. The second-order valence-electron chi connectivity index (χ2n) is 5.61. The molecule has 0 saturated heterocycles. The van der Waals surface area contributed by atoms with Crippen LogP contribution in [0.4, 0.5) is 0 Å². The van der Waals surface area contributed by atoms with Gasteiger partial charge in [-0.1, -0.05) is 41.1 Å². The summed E-state index contributed by atoms with van der Waals surface area (Å²) in [6, 6.07) is 13.3. The number of aromatic nitrogens is 4. The lowest BCUT2D eigenvalue weighted by molar-refractivity contribution is 0.174. The van der Waals surface area contributed by atoms with E-state index in [4.69, 9.17) is 21.1 Å². The molecule has 0 spiro atoms. The monoisotopic (exact) mass is 382 g/mol. The van der Waals surface area contributed by atoms with E-state index >= 15 is 0 Å². The van der Waals surface area contributed by atoms with E-state index in [1.165, 1.54) is 11.3 Å². The molecular formula is C18H11ClN4O2S. The smallest absolute Gasteiger partial charge is 0.235 e. The molecular weight excluding hydrogens is 372 g/mol. The summed E-state index contributed by atoms with van der Waals surface area (Å²) in [4.78, 5) is 0.730. The van der Waals surface area contributed by atoms with E-state index in [0.717, 1.165) is 26.8 Å². The van der Waals surface area contributed by atoms with E-state index in [0.29, 0.717) is 16.6 Å². The highest BCUT2D eigenvalue weighted by Crippen LogP contribution is 2.35. The lowest BCUT2D eigenvalue weighted by Gasteiger charge is -1.99. The van der Waals surface area contributed by atoms with Crippen LogP contribution < -0.4 is 9.47 Å². The number of halogens is 1. The molecule has 6 nitrogen and oxygen atoms in total. The van der Waals surface area contributed by atoms with Gasteiger partial charge in [-0.25, -0.2) is 0 Å². The van der Waals surface area contributed by atoms with Crippen molar-refractivity contribution >= 4 is 40.1 Å². The minimum atomic E-state index is 0.240. The lowest BCUT2D eigenvalue weighted by Crippen LogP contribution is -1.93. The Morgan fingerprint density at radius 1 is 1.00 bits per heavy atom. The van der Waals surface area contributed by atoms with E-state index in [9.17, 15) is 0 Å². The molecule has 8 heteroatoms. The van der Waals surface area contributed by atoms with E-state index in [1.54, 1.807) is 4.52 Å². The first kappa shape index (κ1) is 15.4. The van der Waals surface area contributed by atoms with Gasteiger partial charge in [0, 0.05) is 10.6 Å². The van der Waals surface area contributed by atoms with Gasteiger partial charge < -0.3 is 9.47 Å². The molecule has 0 fully saturated rings. The minimum Gasteiger partial charge on any atom is -0.454 e. The van der Waals surface area contributed by atoms with Crippen molar-refractivity contribution in [2.45, 2.75) is 0 Å². The second-order valence-corrected chi connectivity index (χ2v) is 7.04. The van der Waals surface area contributed by atoms with E-state index in [-0.39, 0.29) is 6.79 Å². The quantitative estimate of drug-likeness (QED) is 0.525. The number of hydrogen-bond acceptors (Lipinski definition) is 6. The Balaban J connectivity index is 1.48. The standard InChI is InChI=1S/C18H11ClN4O2S/c19-13-5-1-11(2-6-13)3-8-16-22-23-17(20-21-18(23)26-16)12-4-7-14-15(9-12)25-10-24-14/h1-9H,10H2. The molecule has 0 unspecified atom stereocenters. The number of fused-ring (bicyclic) bond motifs is 2. The van der Waals surface area contributed by atoms with Gasteiger partial charge in [0.1, 0.15) is 5.01 Å². The van der Waals surface area contributed by atoms with Crippen molar-refractivity contribution in [1.82, 2.24) is 19.8 Å². The highest BCUT2D eigenvalue weighted by molar-refractivity contribution is 7.17. The number of rotatable bonds is 3. The van der Waals surface area contributed by atoms with Crippen molar-refractivity contribution in [1.29, 1.82) is 0 Å². The van der Waals surface area contributed by atoms with Crippen LogP contribution in [0.1, 0.15) is 10.6 Å². The molecule has 0 saturated carbocycles. The van der Waals surface area contributed by atoms with Crippen molar-refractivity contribution < 1.29 is 9.47 Å². The molecule has 0 aliphatic carbocycles. The van der Waals surface area contributed by atoms with Crippen molar-refractivity contribution in [3.05, 3.63) is 58.1 Å². The molecule has 0 N–H and O–H groups in total. The summed E-state index contributed by atoms with van der Waals surface area (Å²) in [7, 11) is 0. The van der Waals surface area contributed by atoms with Crippen LogP contribution in [0.25, 0.3) is 28.5 Å². The number of benzene rings is 2. The Morgan fingerprint density at radius 2 is 1.85 bits per heavy atom. The number of ether oxygens (including phenoxy) is 2. The zero-order valence-electron chi connectivity index (χ0n) is 13.3. The zero-order chi connectivity index (χ0) is 17.5. The molecule has 4 aromatic rings. The third-order valence-corrected chi connectivity index (χ3v) is 5.04. The number of nitrogens with zero attached hydrogens (tertiary/aromatic N) is 4. The maximum absolute atomic E-state index is 5.91. The molecule has 2 aromatic heterocycles. The average molecular weight is 383 g/mol. The van der Waals surface area contributed by atoms with Gasteiger partial charge in [0.05, 0.1) is 0 Å². The third kappa shape index (κ3) is 2.71. The van der Waals surface area contributed by atoms with Gasteiger partial charge in [-0.05, 0) is 42.0 Å². The van der Waals surface area contributed by atoms with E-state index < -0.39 is 0 Å². The SMILES string of the molecule is Clc1ccc(C=Cc2nn3c(-c4ccc5c(c4)OCO5)nnc3s2)cc1. The molecule has 5 rings (SSSR count). The predicted molar refractivity (Wildman–Crippen MR) is 101 cm³/mol. The summed E-state index contributed by atoms with van der Waals surface area (Å²) in [6.45, 7) is 0.240. The Hall–Kier alpha value is -2.90. The Kier molecular flexibility index (Phi) is 3.62. The molecule has 0 radical (unpaired) electrons. The fraction of sp³-hybridized carbons (Fsp3) is 0.0556. The Labute approximate surface area is 157 Å². The second kappa shape index (κ2) is 6.12. The highest BCUT2D eigenvalue weighted by atomic mass is 35.5. The fourth-order valence-electron chi connectivity index (χ4n) is 2.66. The van der Waals surface area contributed by atoms with Crippen LogP contribution in [0.15, 0.2) is 42.5 Å². The van der Waals surface area contributed by atoms with E-state index in [2.05, 4.69) is 15.3 Å². The van der Waals surface area contributed by atoms with Crippen LogP contribution in [0.2, 0.25) is 5.02 Å². The van der Waals surface area contributed by atoms with Crippen LogP contribution in [-0.2, 0) is 0 Å². The molecule has 128 valence electrons. The first-order chi connectivity index (χ1) is 12.8. The van der Waals surface area contributed by atoms with Crippen LogP contribution >= 0.6 is 22.9 Å². The molecule has 0 atom stereocenters. The lowest BCUT2D eigenvalue weighted by atomic mass is 10.2. The van der Waals surface area contributed by atoms with Gasteiger partial charge in [0.25, 0.3) is 0 Å². The summed E-state index contributed by atoms with van der Waals surface area (Å²) >= 11 is 7.38. The van der Waals surface area contributed by atoms with Crippen molar-refractivity contribution in [2.24, 2.45) is 0 Å². The summed E-state index contributed by atoms with van der Waals surface area (Å²) in [5.74, 6) is 2.11. The average Bonchev–Trinajstić information content (AvgIpc) is 3.35. The molecule has 3 heterocycles. The third-order valence-electron chi connectivity index (χ3n) is 3.93. The largest absolute Gasteiger partial charge is 0.454 e. The molecule has 26 heavy (non-hydrogen) atoms. The summed E-state index contributed by atoms with van der Waals surface area (Å²) in [5.41, 5.74) is 1.93. The normalized spacial score (nSPS) is 13.1. The first-order valence-corrected chi connectivity index (χ1v) is 9.02. The minimum absolute atomic E-state index is 0.240. The molecule has 1 aliphatic rings. The molecule has 0 amide bonds. The molecule has 0 bridgehead atoms. The molecule has 1 aliphatic heterocycles.